The molecule has 80 valence electrons. The second-order valence-corrected chi connectivity index (χ2v) is 4.02. The standard InChI is InChI=1S/C12H15NO2/c1-2-10-9(12(14)15)6-7-11(13-10)8-4-3-5-8/h6-8H,2-5H2,1H3,(H,14,15). The fourth-order valence-electron chi connectivity index (χ4n) is 1.91. The molecule has 0 spiro atoms. The molecule has 2 rings (SSSR count). The molecular weight excluding hydrogens is 190 g/mol. The van der Waals surface area contributed by atoms with Crippen LogP contribution in [0.15, 0.2) is 12.1 Å². The highest BCUT2D eigenvalue weighted by Gasteiger charge is 2.22. The van der Waals surface area contributed by atoms with Crippen LogP contribution in [0.2, 0.25) is 0 Å². The maximum Gasteiger partial charge on any atom is 0.337 e. The number of carboxylic acids is 1. The number of aromatic carboxylic acids is 1. The molecule has 0 unspecified atom stereocenters. The van der Waals surface area contributed by atoms with Gasteiger partial charge in [-0.2, -0.15) is 0 Å². The van der Waals surface area contributed by atoms with Gasteiger partial charge in [0, 0.05) is 11.6 Å². The van der Waals surface area contributed by atoms with Crippen LogP contribution < -0.4 is 0 Å². The Morgan fingerprint density at radius 2 is 2.27 bits per heavy atom. The molecular formula is C12H15NO2. The van der Waals surface area contributed by atoms with Crippen molar-refractivity contribution < 1.29 is 9.90 Å². The van der Waals surface area contributed by atoms with E-state index in [1.54, 1.807) is 6.07 Å². The number of pyridine rings is 1. The lowest BCUT2D eigenvalue weighted by Gasteiger charge is -2.25. The van der Waals surface area contributed by atoms with Crippen LogP contribution in [0.25, 0.3) is 0 Å². The summed E-state index contributed by atoms with van der Waals surface area (Å²) in [7, 11) is 0. The highest BCUT2D eigenvalue weighted by molar-refractivity contribution is 5.88. The SMILES string of the molecule is CCc1nc(C2CCC2)ccc1C(=O)O. The Labute approximate surface area is 89.2 Å². The molecule has 3 heteroatoms. The average Bonchev–Trinajstić information content (AvgIpc) is 2.14. The first-order valence-electron chi connectivity index (χ1n) is 5.45. The normalized spacial score (nSPS) is 16.1. The first-order valence-corrected chi connectivity index (χ1v) is 5.45. The van der Waals surface area contributed by atoms with Crippen LogP contribution in [0.1, 0.15) is 53.8 Å². The van der Waals surface area contributed by atoms with Crippen molar-refractivity contribution in [3.63, 3.8) is 0 Å². The summed E-state index contributed by atoms with van der Waals surface area (Å²) in [5.74, 6) is -0.308. The lowest BCUT2D eigenvalue weighted by molar-refractivity contribution is 0.0695. The molecule has 1 fully saturated rings. The zero-order valence-corrected chi connectivity index (χ0v) is 8.86. The minimum Gasteiger partial charge on any atom is -0.478 e. The maximum atomic E-state index is 10.9. The van der Waals surface area contributed by atoms with Crippen LogP contribution in [0.4, 0.5) is 0 Å². The van der Waals surface area contributed by atoms with Crippen molar-refractivity contribution in [2.45, 2.75) is 38.5 Å². The molecule has 0 bridgehead atoms. The van der Waals surface area contributed by atoms with Crippen molar-refractivity contribution in [2.24, 2.45) is 0 Å². The Morgan fingerprint density at radius 3 is 2.73 bits per heavy atom. The number of aromatic nitrogens is 1. The lowest BCUT2D eigenvalue weighted by atomic mass is 9.82. The fraction of sp³-hybridized carbons (Fsp3) is 0.500. The number of aryl methyl sites for hydroxylation is 1. The number of rotatable bonds is 3. The van der Waals surface area contributed by atoms with Crippen molar-refractivity contribution in [2.75, 3.05) is 0 Å². The van der Waals surface area contributed by atoms with Gasteiger partial charge in [-0.3, -0.25) is 4.98 Å². The highest BCUT2D eigenvalue weighted by atomic mass is 16.4. The van der Waals surface area contributed by atoms with Crippen LogP contribution >= 0.6 is 0 Å². The van der Waals surface area contributed by atoms with Crippen molar-refractivity contribution >= 4 is 5.97 Å². The molecule has 0 amide bonds. The van der Waals surface area contributed by atoms with Crippen LogP contribution in [0.5, 0.6) is 0 Å². The summed E-state index contributed by atoms with van der Waals surface area (Å²) >= 11 is 0. The van der Waals surface area contributed by atoms with Crippen molar-refractivity contribution in [1.29, 1.82) is 0 Å². The second kappa shape index (κ2) is 4.01. The molecule has 1 N–H and O–H groups in total. The minimum atomic E-state index is -0.875. The van der Waals surface area contributed by atoms with Gasteiger partial charge < -0.3 is 5.11 Å². The third kappa shape index (κ3) is 1.87. The number of nitrogens with zero attached hydrogens (tertiary/aromatic N) is 1. The van der Waals surface area contributed by atoms with Crippen LogP contribution in [-0.4, -0.2) is 16.1 Å². The van der Waals surface area contributed by atoms with E-state index in [9.17, 15) is 4.79 Å². The van der Waals surface area contributed by atoms with E-state index >= 15 is 0 Å². The molecule has 0 radical (unpaired) electrons. The summed E-state index contributed by atoms with van der Waals surface area (Å²) in [6.45, 7) is 1.94. The van der Waals surface area contributed by atoms with E-state index in [0.717, 1.165) is 5.69 Å². The quantitative estimate of drug-likeness (QED) is 0.825. The first kappa shape index (κ1) is 10.1. The van der Waals surface area contributed by atoms with Gasteiger partial charge in [0.25, 0.3) is 0 Å². The van der Waals surface area contributed by atoms with Gasteiger partial charge in [-0.25, -0.2) is 4.79 Å². The van der Waals surface area contributed by atoms with Gasteiger partial charge >= 0.3 is 5.97 Å². The van der Waals surface area contributed by atoms with Crippen LogP contribution in [0.3, 0.4) is 0 Å². The molecule has 1 aliphatic carbocycles. The van der Waals surface area contributed by atoms with Crippen LogP contribution in [0, 0.1) is 0 Å². The summed E-state index contributed by atoms with van der Waals surface area (Å²) in [5, 5.41) is 8.96. The molecule has 3 nitrogen and oxygen atoms in total. The van der Waals surface area contributed by atoms with Gasteiger partial charge in [-0.05, 0) is 31.4 Å². The zero-order chi connectivity index (χ0) is 10.8. The Morgan fingerprint density at radius 1 is 1.53 bits per heavy atom. The average molecular weight is 205 g/mol. The van der Waals surface area contributed by atoms with Gasteiger partial charge in [0.05, 0.1) is 11.3 Å². The third-order valence-electron chi connectivity index (χ3n) is 3.08. The predicted molar refractivity (Wildman–Crippen MR) is 57.2 cm³/mol. The van der Waals surface area contributed by atoms with Crippen LogP contribution in [-0.2, 0) is 6.42 Å². The van der Waals surface area contributed by atoms with Gasteiger partial charge in [0.1, 0.15) is 0 Å². The predicted octanol–water partition coefficient (Wildman–Crippen LogP) is 2.61. The minimum absolute atomic E-state index is 0.348. The van der Waals surface area contributed by atoms with Crippen molar-refractivity contribution in [3.8, 4) is 0 Å². The Balaban J connectivity index is 2.33. The van der Waals surface area contributed by atoms with E-state index in [1.807, 2.05) is 13.0 Å². The summed E-state index contributed by atoms with van der Waals surface area (Å²) in [6.07, 6.45) is 4.35. The van der Waals surface area contributed by atoms with E-state index in [1.165, 1.54) is 19.3 Å². The third-order valence-corrected chi connectivity index (χ3v) is 3.08. The molecule has 0 atom stereocenters. The molecule has 0 saturated heterocycles. The fourth-order valence-corrected chi connectivity index (χ4v) is 1.91. The Hall–Kier alpha value is -1.38. The summed E-state index contributed by atoms with van der Waals surface area (Å²) in [6, 6.07) is 3.56. The largest absolute Gasteiger partial charge is 0.478 e. The maximum absolute atomic E-state index is 10.9. The van der Waals surface area contributed by atoms with E-state index in [-0.39, 0.29) is 0 Å². The molecule has 1 heterocycles. The van der Waals surface area contributed by atoms with Gasteiger partial charge in [-0.1, -0.05) is 13.3 Å². The second-order valence-electron chi connectivity index (χ2n) is 4.02. The lowest BCUT2D eigenvalue weighted by Crippen LogP contribution is -2.13. The van der Waals surface area contributed by atoms with E-state index < -0.39 is 5.97 Å². The van der Waals surface area contributed by atoms with Gasteiger partial charge in [0.2, 0.25) is 0 Å². The highest BCUT2D eigenvalue weighted by Crippen LogP contribution is 2.35. The van der Waals surface area contributed by atoms with E-state index in [2.05, 4.69) is 4.98 Å². The summed E-state index contributed by atoms with van der Waals surface area (Å²) < 4.78 is 0. The molecule has 1 aromatic rings. The zero-order valence-electron chi connectivity index (χ0n) is 8.86. The molecule has 1 aromatic heterocycles. The number of carboxylic acid groups (broad SMARTS) is 1. The molecule has 0 aromatic carbocycles. The number of carbonyl (C=O) groups is 1. The Kier molecular flexibility index (Phi) is 2.71. The Bertz CT molecular complexity index is 383. The number of hydrogen-bond acceptors (Lipinski definition) is 2. The van der Waals surface area contributed by atoms with Gasteiger partial charge in [0.15, 0.2) is 0 Å². The smallest absolute Gasteiger partial charge is 0.337 e. The summed E-state index contributed by atoms with van der Waals surface area (Å²) in [4.78, 5) is 15.4. The van der Waals surface area contributed by atoms with E-state index in [4.69, 9.17) is 5.11 Å². The van der Waals surface area contributed by atoms with E-state index in [0.29, 0.717) is 23.6 Å². The van der Waals surface area contributed by atoms with Crippen molar-refractivity contribution in [3.05, 3.63) is 29.1 Å². The van der Waals surface area contributed by atoms with Gasteiger partial charge in [-0.15, -0.1) is 0 Å². The topological polar surface area (TPSA) is 50.2 Å². The number of hydrogen-bond donors (Lipinski definition) is 1. The molecule has 1 saturated carbocycles. The summed E-state index contributed by atoms with van der Waals surface area (Å²) in [5.41, 5.74) is 2.13. The molecule has 1 aliphatic rings. The van der Waals surface area contributed by atoms with Crippen molar-refractivity contribution in [1.82, 2.24) is 4.98 Å². The molecule has 0 aliphatic heterocycles. The molecule has 15 heavy (non-hydrogen) atoms. The monoisotopic (exact) mass is 205 g/mol. The first-order chi connectivity index (χ1) is 7.22.